The topological polar surface area (TPSA) is 12.0 Å². The second-order valence-corrected chi connectivity index (χ2v) is 9.06. The zero-order valence-electron chi connectivity index (χ0n) is 12.9. The Hall–Kier alpha value is -1.75. The Bertz CT molecular complexity index is 933. The first kappa shape index (κ1) is 14.6. The van der Waals surface area contributed by atoms with Gasteiger partial charge in [0.2, 0.25) is 0 Å². The monoisotopic (exact) mass is 365 g/mol. The number of allylic oxidation sites excluding steroid dienone is 3. The van der Waals surface area contributed by atoms with Crippen LogP contribution >= 0.6 is 34.4 Å². The van der Waals surface area contributed by atoms with Crippen molar-refractivity contribution >= 4 is 45.7 Å². The lowest BCUT2D eigenvalue weighted by Crippen LogP contribution is -2.21. The van der Waals surface area contributed by atoms with Crippen LogP contribution in [-0.2, 0) is 0 Å². The van der Waals surface area contributed by atoms with E-state index in [2.05, 4.69) is 70.7 Å². The first-order valence-electron chi connectivity index (χ1n) is 7.93. The van der Waals surface area contributed by atoms with Crippen molar-refractivity contribution in [2.45, 2.75) is 16.6 Å². The molecular formula is C20H15NS3. The lowest BCUT2D eigenvalue weighted by atomic mass is 10.00. The van der Waals surface area contributed by atoms with Crippen LogP contribution < -0.4 is 5.32 Å². The van der Waals surface area contributed by atoms with Crippen molar-refractivity contribution in [3.05, 3.63) is 76.0 Å². The molecule has 3 heterocycles. The number of hydrogen-bond acceptors (Lipinski definition) is 4. The fourth-order valence-corrected chi connectivity index (χ4v) is 5.94. The standard InChI is InChI=1S/C20H15NS3/c1-3-17(22-9-1)13-5-7-15-19(11-13)24-20-12-14(6-8-16(20)21-15)18-4-2-10-23-18/h1-11,20-21H,12H2. The SMILES string of the molecule is C1=C(c2cccs2)CC2Sc3cc(-c4cccs4)ccc3NC2=C1. The number of hydrogen-bond donors (Lipinski definition) is 1. The minimum Gasteiger partial charge on any atom is -0.357 e. The Morgan fingerprint density at radius 3 is 2.54 bits per heavy atom. The van der Waals surface area contributed by atoms with Gasteiger partial charge in [-0.15, -0.1) is 34.4 Å². The molecule has 2 aromatic heterocycles. The number of thiophene rings is 2. The van der Waals surface area contributed by atoms with Crippen LogP contribution in [0.25, 0.3) is 16.0 Å². The largest absolute Gasteiger partial charge is 0.357 e. The van der Waals surface area contributed by atoms with Crippen molar-refractivity contribution in [2.24, 2.45) is 0 Å². The Balaban J connectivity index is 1.47. The molecule has 0 saturated carbocycles. The predicted molar refractivity (Wildman–Crippen MR) is 108 cm³/mol. The smallest absolute Gasteiger partial charge is 0.0536 e. The predicted octanol–water partition coefficient (Wildman–Crippen LogP) is 6.73. The maximum absolute atomic E-state index is 3.64. The highest BCUT2D eigenvalue weighted by molar-refractivity contribution is 8.00. The van der Waals surface area contributed by atoms with Crippen LogP contribution in [0.5, 0.6) is 0 Å². The molecule has 24 heavy (non-hydrogen) atoms. The van der Waals surface area contributed by atoms with E-state index in [1.807, 2.05) is 23.1 Å². The third-order valence-electron chi connectivity index (χ3n) is 4.39. The van der Waals surface area contributed by atoms with Crippen molar-refractivity contribution < 1.29 is 0 Å². The van der Waals surface area contributed by atoms with Crippen molar-refractivity contribution in [3.63, 3.8) is 0 Å². The van der Waals surface area contributed by atoms with Crippen LogP contribution in [0.15, 0.2) is 76.0 Å². The second kappa shape index (κ2) is 5.96. The van der Waals surface area contributed by atoms with Gasteiger partial charge in [0.15, 0.2) is 0 Å². The van der Waals surface area contributed by atoms with Gasteiger partial charge in [0.05, 0.1) is 10.9 Å². The maximum atomic E-state index is 3.64. The van der Waals surface area contributed by atoms with Gasteiger partial charge in [-0.25, -0.2) is 0 Å². The summed E-state index contributed by atoms with van der Waals surface area (Å²) in [6.07, 6.45) is 5.62. The van der Waals surface area contributed by atoms with Crippen molar-refractivity contribution in [2.75, 3.05) is 5.32 Å². The zero-order valence-corrected chi connectivity index (χ0v) is 15.3. The van der Waals surface area contributed by atoms with Crippen LogP contribution in [0.3, 0.4) is 0 Å². The highest BCUT2D eigenvalue weighted by atomic mass is 32.2. The Morgan fingerprint density at radius 2 is 1.75 bits per heavy atom. The van der Waals surface area contributed by atoms with Crippen molar-refractivity contribution in [1.29, 1.82) is 0 Å². The molecule has 1 aliphatic heterocycles. The fraction of sp³-hybridized carbons (Fsp3) is 0.100. The molecule has 1 unspecified atom stereocenters. The van der Waals surface area contributed by atoms with E-state index in [-0.39, 0.29) is 0 Å². The fourth-order valence-electron chi connectivity index (χ4n) is 3.17. The van der Waals surface area contributed by atoms with Crippen LogP contribution in [0.1, 0.15) is 11.3 Å². The lowest BCUT2D eigenvalue weighted by molar-refractivity contribution is 0.987. The highest BCUT2D eigenvalue weighted by Crippen LogP contribution is 2.46. The van der Waals surface area contributed by atoms with Crippen molar-refractivity contribution in [1.82, 2.24) is 0 Å². The van der Waals surface area contributed by atoms with Crippen LogP contribution in [0.4, 0.5) is 5.69 Å². The summed E-state index contributed by atoms with van der Waals surface area (Å²) in [5.41, 5.74) is 5.33. The number of thioether (sulfide) groups is 1. The Labute approximate surface area is 153 Å². The summed E-state index contributed by atoms with van der Waals surface area (Å²) in [5.74, 6) is 0. The zero-order chi connectivity index (χ0) is 15.9. The first-order chi connectivity index (χ1) is 11.9. The molecule has 0 fully saturated rings. The van der Waals surface area contributed by atoms with Gasteiger partial charge in [0.25, 0.3) is 0 Å². The van der Waals surface area contributed by atoms with Crippen molar-refractivity contribution in [3.8, 4) is 10.4 Å². The van der Waals surface area contributed by atoms with Crippen LogP contribution in [-0.4, -0.2) is 5.25 Å². The molecule has 1 aromatic carbocycles. The summed E-state index contributed by atoms with van der Waals surface area (Å²) >= 11 is 5.62. The highest BCUT2D eigenvalue weighted by Gasteiger charge is 2.27. The van der Waals surface area contributed by atoms with Crippen LogP contribution in [0, 0.1) is 0 Å². The summed E-state index contributed by atoms with van der Waals surface area (Å²) in [6.45, 7) is 0. The molecule has 0 saturated heterocycles. The molecule has 3 aromatic rings. The molecule has 1 nitrogen and oxygen atoms in total. The molecule has 1 N–H and O–H groups in total. The van der Waals surface area contributed by atoms with Gasteiger partial charge in [-0.3, -0.25) is 0 Å². The van der Waals surface area contributed by atoms with Gasteiger partial charge in [-0.05, 0) is 58.7 Å². The summed E-state index contributed by atoms with van der Waals surface area (Å²) < 4.78 is 0. The molecule has 4 heteroatoms. The quantitative estimate of drug-likeness (QED) is 0.540. The van der Waals surface area contributed by atoms with E-state index >= 15 is 0 Å². The lowest BCUT2D eigenvalue weighted by Gasteiger charge is -2.31. The summed E-state index contributed by atoms with van der Waals surface area (Å²) in [4.78, 5) is 4.09. The third kappa shape index (κ3) is 2.55. The first-order valence-corrected chi connectivity index (χ1v) is 10.6. The molecule has 2 aliphatic rings. The minimum absolute atomic E-state index is 0.484. The molecule has 5 rings (SSSR count). The minimum atomic E-state index is 0.484. The molecule has 0 spiro atoms. The number of benzene rings is 1. The summed E-state index contributed by atoms with van der Waals surface area (Å²) in [6, 6.07) is 15.4. The molecular weight excluding hydrogens is 350 g/mol. The maximum Gasteiger partial charge on any atom is 0.0536 e. The van der Waals surface area contributed by atoms with Gasteiger partial charge in [0, 0.05) is 20.3 Å². The number of anilines is 1. The summed E-state index contributed by atoms with van der Waals surface area (Å²) in [7, 11) is 0. The molecule has 0 amide bonds. The van der Waals surface area contributed by atoms with E-state index in [0.29, 0.717) is 5.25 Å². The van der Waals surface area contributed by atoms with Gasteiger partial charge in [-0.1, -0.05) is 24.3 Å². The average Bonchev–Trinajstić information content (AvgIpc) is 3.32. The van der Waals surface area contributed by atoms with Crippen LogP contribution in [0.2, 0.25) is 0 Å². The molecule has 1 aliphatic carbocycles. The third-order valence-corrected chi connectivity index (χ3v) is 7.55. The Morgan fingerprint density at radius 1 is 0.917 bits per heavy atom. The van der Waals surface area contributed by atoms with E-state index in [1.165, 1.54) is 37.2 Å². The molecule has 1 atom stereocenters. The molecule has 0 bridgehead atoms. The van der Waals surface area contributed by atoms with Gasteiger partial charge in [-0.2, -0.15) is 0 Å². The number of fused-ring (bicyclic) bond motifs is 2. The van der Waals surface area contributed by atoms with Gasteiger partial charge < -0.3 is 5.32 Å². The molecule has 118 valence electrons. The average molecular weight is 366 g/mol. The number of rotatable bonds is 2. The van der Waals surface area contributed by atoms with E-state index in [4.69, 9.17) is 0 Å². The second-order valence-electron chi connectivity index (χ2n) is 5.92. The normalized spacial score (nSPS) is 18.9. The summed E-state index contributed by atoms with van der Waals surface area (Å²) in [5, 5.41) is 8.42. The van der Waals surface area contributed by atoms with E-state index in [1.54, 1.807) is 11.3 Å². The van der Waals surface area contributed by atoms with Gasteiger partial charge in [0.1, 0.15) is 0 Å². The van der Waals surface area contributed by atoms with E-state index in [0.717, 1.165) is 6.42 Å². The molecule has 0 radical (unpaired) electrons. The van der Waals surface area contributed by atoms with E-state index in [9.17, 15) is 0 Å². The number of nitrogens with one attached hydrogen (secondary N) is 1. The van der Waals surface area contributed by atoms with E-state index < -0.39 is 0 Å². The Kier molecular flexibility index (Phi) is 3.62. The van der Waals surface area contributed by atoms with Gasteiger partial charge >= 0.3 is 0 Å².